The van der Waals surface area contributed by atoms with Crippen molar-refractivity contribution in [2.75, 3.05) is 7.11 Å². The molecule has 0 N–H and O–H groups in total. The van der Waals surface area contributed by atoms with Crippen LogP contribution in [-0.2, 0) is 0 Å². The van der Waals surface area contributed by atoms with Crippen molar-refractivity contribution in [2.24, 2.45) is 0 Å². The molecule has 15 heavy (non-hydrogen) atoms. The van der Waals surface area contributed by atoms with Gasteiger partial charge in [0.05, 0.1) is 21.4 Å². The first kappa shape index (κ1) is 11.4. The molecule has 0 saturated carbocycles. The summed E-state index contributed by atoms with van der Waals surface area (Å²) in [6.07, 6.45) is 0. The molecule has 0 bridgehead atoms. The minimum atomic E-state index is -0.846. The SMILES string of the molecule is COc1c(Br)ccc([N+](=O)[O-])c1[N+](=O)[O-]. The zero-order chi connectivity index (χ0) is 11.6. The van der Waals surface area contributed by atoms with Gasteiger partial charge in [-0.05, 0) is 22.0 Å². The molecule has 0 unspecified atom stereocenters. The second kappa shape index (κ2) is 4.22. The van der Waals surface area contributed by atoms with Gasteiger partial charge >= 0.3 is 11.4 Å². The molecule has 8 heteroatoms. The predicted octanol–water partition coefficient (Wildman–Crippen LogP) is 2.27. The van der Waals surface area contributed by atoms with Gasteiger partial charge in [0.25, 0.3) is 0 Å². The number of nitrogens with zero attached hydrogens (tertiary/aromatic N) is 2. The Balaban J connectivity index is 3.56. The van der Waals surface area contributed by atoms with Crippen LogP contribution in [0.3, 0.4) is 0 Å². The van der Waals surface area contributed by atoms with Gasteiger partial charge in [-0.15, -0.1) is 0 Å². The maximum Gasteiger partial charge on any atom is 0.388 e. The summed E-state index contributed by atoms with van der Waals surface area (Å²) in [5, 5.41) is 21.2. The van der Waals surface area contributed by atoms with Gasteiger partial charge in [-0.3, -0.25) is 20.2 Å². The van der Waals surface area contributed by atoms with Crippen molar-refractivity contribution in [3.05, 3.63) is 36.8 Å². The van der Waals surface area contributed by atoms with Crippen LogP contribution < -0.4 is 4.74 Å². The van der Waals surface area contributed by atoms with E-state index in [0.29, 0.717) is 4.47 Å². The zero-order valence-electron chi connectivity index (χ0n) is 7.47. The molecule has 0 aliphatic heterocycles. The van der Waals surface area contributed by atoms with E-state index in [9.17, 15) is 20.2 Å². The van der Waals surface area contributed by atoms with Crippen LogP contribution in [0.5, 0.6) is 5.75 Å². The summed E-state index contributed by atoms with van der Waals surface area (Å²) < 4.78 is 5.03. The maximum absolute atomic E-state index is 10.7. The third-order valence-electron chi connectivity index (χ3n) is 1.65. The molecule has 80 valence electrons. The third kappa shape index (κ3) is 2.04. The Bertz CT molecular complexity index is 434. The Hall–Kier alpha value is -1.70. The highest BCUT2D eigenvalue weighted by molar-refractivity contribution is 9.10. The monoisotopic (exact) mass is 276 g/mol. The predicted molar refractivity (Wildman–Crippen MR) is 54.0 cm³/mol. The summed E-state index contributed by atoms with van der Waals surface area (Å²) in [4.78, 5) is 19.5. The van der Waals surface area contributed by atoms with Crippen LogP contribution in [0.25, 0.3) is 0 Å². The largest absolute Gasteiger partial charge is 0.489 e. The van der Waals surface area contributed by atoms with Crippen LogP contribution in [0.2, 0.25) is 0 Å². The molecular weight excluding hydrogens is 272 g/mol. The van der Waals surface area contributed by atoms with Gasteiger partial charge in [0.2, 0.25) is 5.75 Å². The molecule has 7 nitrogen and oxygen atoms in total. The van der Waals surface area contributed by atoms with Crippen LogP contribution in [0.4, 0.5) is 11.4 Å². The minimum absolute atomic E-state index is 0.158. The van der Waals surface area contributed by atoms with Crippen LogP contribution in [-0.4, -0.2) is 17.0 Å². The Morgan fingerprint density at radius 3 is 2.27 bits per heavy atom. The van der Waals surface area contributed by atoms with E-state index in [4.69, 9.17) is 4.74 Å². The maximum atomic E-state index is 10.7. The van der Waals surface area contributed by atoms with Crippen molar-refractivity contribution >= 4 is 27.3 Å². The molecule has 0 saturated heterocycles. The molecule has 1 aromatic rings. The third-order valence-corrected chi connectivity index (χ3v) is 2.27. The van der Waals surface area contributed by atoms with Gasteiger partial charge in [-0.2, -0.15) is 0 Å². The summed E-state index contributed by atoms with van der Waals surface area (Å²) in [6, 6.07) is 2.37. The van der Waals surface area contributed by atoms with Gasteiger partial charge in [-0.25, -0.2) is 0 Å². The zero-order valence-corrected chi connectivity index (χ0v) is 9.05. The quantitative estimate of drug-likeness (QED) is 0.623. The fourth-order valence-corrected chi connectivity index (χ4v) is 1.54. The molecule has 0 amide bonds. The second-order valence-electron chi connectivity index (χ2n) is 2.46. The van der Waals surface area contributed by atoms with Crippen LogP contribution in [0, 0.1) is 20.2 Å². The van der Waals surface area contributed by atoms with E-state index < -0.39 is 21.2 Å². The Morgan fingerprint density at radius 2 is 1.87 bits per heavy atom. The van der Waals surface area contributed by atoms with Crippen molar-refractivity contribution in [2.45, 2.75) is 0 Å². The van der Waals surface area contributed by atoms with Gasteiger partial charge in [0, 0.05) is 6.07 Å². The van der Waals surface area contributed by atoms with Crippen molar-refractivity contribution in [1.29, 1.82) is 0 Å². The van der Waals surface area contributed by atoms with E-state index in [1.54, 1.807) is 0 Å². The summed E-state index contributed by atoms with van der Waals surface area (Å²) in [5.74, 6) is -0.158. The molecule has 0 radical (unpaired) electrons. The van der Waals surface area contributed by atoms with Crippen molar-refractivity contribution in [1.82, 2.24) is 0 Å². The Kier molecular flexibility index (Phi) is 3.20. The van der Waals surface area contributed by atoms with Gasteiger partial charge in [0.15, 0.2) is 0 Å². The van der Waals surface area contributed by atoms with E-state index in [1.165, 1.54) is 13.2 Å². The molecule has 0 aliphatic rings. The first-order chi connectivity index (χ1) is 6.99. The number of methoxy groups -OCH3 is 1. The number of hydrogen-bond donors (Lipinski definition) is 0. The standard InChI is InChI=1S/C7H5BrN2O5/c1-15-7-4(8)2-3-5(9(11)12)6(7)10(13)14/h2-3H,1H3. The lowest BCUT2D eigenvalue weighted by atomic mass is 10.2. The molecule has 0 heterocycles. The van der Waals surface area contributed by atoms with Crippen molar-refractivity contribution < 1.29 is 14.6 Å². The molecule has 0 spiro atoms. The van der Waals surface area contributed by atoms with Crippen LogP contribution >= 0.6 is 15.9 Å². The van der Waals surface area contributed by atoms with Crippen LogP contribution in [0.1, 0.15) is 0 Å². The fraction of sp³-hybridized carbons (Fsp3) is 0.143. The summed E-state index contributed by atoms with van der Waals surface area (Å²) in [5.41, 5.74) is -1.25. The first-order valence-electron chi connectivity index (χ1n) is 3.64. The molecule has 0 atom stereocenters. The highest BCUT2D eigenvalue weighted by Crippen LogP contribution is 2.41. The summed E-state index contributed by atoms with van der Waals surface area (Å²) in [7, 11) is 1.21. The molecule has 1 aromatic carbocycles. The lowest BCUT2D eigenvalue weighted by Gasteiger charge is -2.03. The topological polar surface area (TPSA) is 95.5 Å². The van der Waals surface area contributed by atoms with E-state index in [0.717, 1.165) is 6.07 Å². The van der Waals surface area contributed by atoms with Crippen molar-refractivity contribution in [3.63, 3.8) is 0 Å². The average Bonchev–Trinajstić information content (AvgIpc) is 2.16. The number of halogens is 1. The highest BCUT2D eigenvalue weighted by Gasteiger charge is 2.31. The number of hydrogen-bond acceptors (Lipinski definition) is 5. The smallest absolute Gasteiger partial charge is 0.388 e. The van der Waals surface area contributed by atoms with Crippen LogP contribution in [0.15, 0.2) is 16.6 Å². The number of nitro groups is 2. The lowest BCUT2D eigenvalue weighted by molar-refractivity contribution is -0.423. The Labute approximate surface area is 92.1 Å². The van der Waals surface area contributed by atoms with E-state index >= 15 is 0 Å². The first-order valence-corrected chi connectivity index (χ1v) is 4.43. The van der Waals surface area contributed by atoms with E-state index in [2.05, 4.69) is 15.9 Å². The van der Waals surface area contributed by atoms with E-state index in [-0.39, 0.29) is 5.75 Å². The van der Waals surface area contributed by atoms with Gasteiger partial charge in [-0.1, -0.05) is 0 Å². The second-order valence-corrected chi connectivity index (χ2v) is 3.32. The molecule has 0 aromatic heterocycles. The molecule has 0 aliphatic carbocycles. The van der Waals surface area contributed by atoms with Gasteiger partial charge in [0.1, 0.15) is 0 Å². The van der Waals surface area contributed by atoms with Crippen molar-refractivity contribution in [3.8, 4) is 5.75 Å². The molecular formula is C7H5BrN2O5. The van der Waals surface area contributed by atoms with Gasteiger partial charge < -0.3 is 4.74 Å². The average molecular weight is 277 g/mol. The summed E-state index contributed by atoms with van der Waals surface area (Å²) in [6.45, 7) is 0. The number of ether oxygens (including phenoxy) is 1. The normalized spacial score (nSPS) is 9.73. The number of nitro benzene ring substituents is 2. The molecule has 1 rings (SSSR count). The highest BCUT2D eigenvalue weighted by atomic mass is 79.9. The lowest BCUT2D eigenvalue weighted by Crippen LogP contribution is -2.00. The number of benzene rings is 1. The van der Waals surface area contributed by atoms with E-state index in [1.807, 2.05) is 0 Å². The Morgan fingerprint density at radius 1 is 1.27 bits per heavy atom. The minimum Gasteiger partial charge on any atom is -0.489 e. The molecule has 0 fully saturated rings. The number of rotatable bonds is 3. The summed E-state index contributed by atoms with van der Waals surface area (Å²) >= 11 is 3.01. The fourth-order valence-electron chi connectivity index (χ4n) is 1.05.